The van der Waals surface area contributed by atoms with E-state index in [1.54, 1.807) is 0 Å². The second-order valence-electron chi connectivity index (χ2n) is 5.54. The van der Waals surface area contributed by atoms with Crippen LogP contribution in [-0.2, 0) is 6.54 Å². The Bertz CT molecular complexity index is 356. The summed E-state index contributed by atoms with van der Waals surface area (Å²) >= 11 is 0. The van der Waals surface area contributed by atoms with Crippen LogP contribution in [0.15, 0.2) is 24.3 Å². The Hall–Kier alpha value is -1.06. The smallest absolute Gasteiger partial charge is 0.119 e. The zero-order valence-corrected chi connectivity index (χ0v) is 12.2. The lowest BCUT2D eigenvalue weighted by atomic mass is 10.2. The third kappa shape index (κ3) is 5.21. The second-order valence-corrected chi connectivity index (χ2v) is 5.54. The summed E-state index contributed by atoms with van der Waals surface area (Å²) in [5.41, 5.74) is 1.32. The number of nitrogens with zero attached hydrogens (tertiary/aromatic N) is 1. The van der Waals surface area contributed by atoms with Crippen LogP contribution in [0.2, 0.25) is 0 Å². The molecule has 0 aromatic heterocycles. The molecule has 1 aliphatic rings. The Labute approximate surface area is 116 Å². The van der Waals surface area contributed by atoms with Crippen molar-refractivity contribution in [1.29, 1.82) is 0 Å². The molecule has 0 aliphatic carbocycles. The monoisotopic (exact) mass is 262 g/mol. The molecule has 0 radical (unpaired) electrons. The minimum Gasteiger partial charge on any atom is -0.491 e. The van der Waals surface area contributed by atoms with Crippen molar-refractivity contribution in [2.24, 2.45) is 0 Å². The molecule has 0 saturated carbocycles. The summed E-state index contributed by atoms with van der Waals surface area (Å²) in [6.45, 7) is 9.85. The van der Waals surface area contributed by atoms with Gasteiger partial charge in [-0.3, -0.25) is 0 Å². The number of rotatable bonds is 7. The highest BCUT2D eigenvalue weighted by molar-refractivity contribution is 5.27. The van der Waals surface area contributed by atoms with E-state index < -0.39 is 0 Å². The molecular formula is C16H26N2O. The van der Waals surface area contributed by atoms with Crippen LogP contribution in [0.4, 0.5) is 0 Å². The summed E-state index contributed by atoms with van der Waals surface area (Å²) < 4.78 is 5.64. The van der Waals surface area contributed by atoms with Gasteiger partial charge in [0.25, 0.3) is 0 Å². The normalized spacial score (nSPS) is 16.2. The molecule has 0 atom stereocenters. The van der Waals surface area contributed by atoms with Crippen LogP contribution in [0.5, 0.6) is 5.75 Å². The first-order valence-electron chi connectivity index (χ1n) is 7.43. The molecule has 1 saturated heterocycles. The topological polar surface area (TPSA) is 24.5 Å². The molecule has 0 spiro atoms. The highest BCUT2D eigenvalue weighted by Gasteiger charge is 2.09. The van der Waals surface area contributed by atoms with Crippen molar-refractivity contribution in [3.63, 3.8) is 0 Å². The van der Waals surface area contributed by atoms with E-state index in [9.17, 15) is 0 Å². The van der Waals surface area contributed by atoms with E-state index in [2.05, 4.69) is 34.5 Å². The summed E-state index contributed by atoms with van der Waals surface area (Å²) in [7, 11) is 0. The van der Waals surface area contributed by atoms with Crippen molar-refractivity contribution >= 4 is 0 Å². The highest BCUT2D eigenvalue weighted by atomic mass is 16.5. The van der Waals surface area contributed by atoms with Gasteiger partial charge in [0, 0.05) is 19.6 Å². The number of benzene rings is 1. The Kier molecular flexibility index (Phi) is 5.67. The van der Waals surface area contributed by atoms with Crippen LogP contribution in [0, 0.1) is 0 Å². The van der Waals surface area contributed by atoms with Crippen LogP contribution < -0.4 is 10.1 Å². The number of likely N-dealkylation sites (tertiary alicyclic amines) is 1. The van der Waals surface area contributed by atoms with Crippen molar-refractivity contribution in [2.45, 2.75) is 39.3 Å². The SMILES string of the molecule is CC(C)Oc1ccc(CNCCN2CCCC2)cc1. The van der Waals surface area contributed by atoms with Gasteiger partial charge in [-0.2, -0.15) is 0 Å². The van der Waals surface area contributed by atoms with Crippen LogP contribution in [0.25, 0.3) is 0 Å². The van der Waals surface area contributed by atoms with Crippen molar-refractivity contribution in [1.82, 2.24) is 10.2 Å². The van der Waals surface area contributed by atoms with Crippen LogP contribution in [-0.4, -0.2) is 37.2 Å². The summed E-state index contributed by atoms with van der Waals surface area (Å²) in [4.78, 5) is 2.53. The molecule has 1 N–H and O–H groups in total. The predicted octanol–water partition coefficient (Wildman–Crippen LogP) is 2.66. The third-order valence-electron chi connectivity index (χ3n) is 3.43. The molecular weight excluding hydrogens is 236 g/mol. The minimum atomic E-state index is 0.240. The summed E-state index contributed by atoms with van der Waals surface area (Å²) in [6.07, 6.45) is 2.98. The number of hydrogen-bond donors (Lipinski definition) is 1. The van der Waals surface area contributed by atoms with Gasteiger partial charge < -0.3 is 15.0 Å². The Morgan fingerprint density at radius 2 is 1.84 bits per heavy atom. The first-order chi connectivity index (χ1) is 9.24. The molecule has 1 aliphatic heterocycles. The molecule has 3 nitrogen and oxygen atoms in total. The lowest BCUT2D eigenvalue weighted by Gasteiger charge is -2.15. The van der Waals surface area contributed by atoms with E-state index in [0.29, 0.717) is 0 Å². The average Bonchev–Trinajstić information content (AvgIpc) is 2.89. The second kappa shape index (κ2) is 7.51. The molecule has 2 rings (SSSR count). The highest BCUT2D eigenvalue weighted by Crippen LogP contribution is 2.13. The summed E-state index contributed by atoms with van der Waals surface area (Å²) in [5, 5.41) is 3.51. The van der Waals surface area contributed by atoms with Gasteiger partial charge in [0.15, 0.2) is 0 Å². The Balaban J connectivity index is 1.65. The molecule has 0 unspecified atom stereocenters. The van der Waals surface area contributed by atoms with E-state index >= 15 is 0 Å². The van der Waals surface area contributed by atoms with Gasteiger partial charge in [-0.05, 0) is 57.5 Å². The maximum atomic E-state index is 5.64. The number of ether oxygens (including phenoxy) is 1. The van der Waals surface area contributed by atoms with Crippen molar-refractivity contribution in [3.8, 4) is 5.75 Å². The lowest BCUT2D eigenvalue weighted by molar-refractivity contribution is 0.242. The Morgan fingerprint density at radius 3 is 2.47 bits per heavy atom. The number of nitrogens with one attached hydrogen (secondary N) is 1. The van der Waals surface area contributed by atoms with Gasteiger partial charge in [-0.1, -0.05) is 12.1 Å². The summed E-state index contributed by atoms with van der Waals surface area (Å²) in [6, 6.07) is 8.39. The maximum Gasteiger partial charge on any atom is 0.119 e. The predicted molar refractivity (Wildman–Crippen MR) is 79.6 cm³/mol. The fraction of sp³-hybridized carbons (Fsp3) is 0.625. The van der Waals surface area contributed by atoms with Gasteiger partial charge in [0.1, 0.15) is 5.75 Å². The zero-order chi connectivity index (χ0) is 13.5. The fourth-order valence-corrected chi connectivity index (χ4v) is 2.43. The quantitative estimate of drug-likeness (QED) is 0.765. The standard InChI is InChI=1S/C16H26N2O/c1-14(2)19-16-7-5-15(6-8-16)13-17-9-12-18-10-3-4-11-18/h5-8,14,17H,3-4,9-13H2,1-2H3. The molecule has 106 valence electrons. The fourth-order valence-electron chi connectivity index (χ4n) is 2.43. The molecule has 0 bridgehead atoms. The summed E-state index contributed by atoms with van der Waals surface area (Å²) in [5.74, 6) is 0.954. The first kappa shape index (κ1) is 14.4. The molecule has 19 heavy (non-hydrogen) atoms. The number of hydrogen-bond acceptors (Lipinski definition) is 3. The van der Waals surface area contributed by atoms with Gasteiger partial charge >= 0.3 is 0 Å². The molecule has 1 fully saturated rings. The van der Waals surface area contributed by atoms with Crippen LogP contribution in [0.1, 0.15) is 32.3 Å². The molecule has 0 amide bonds. The largest absolute Gasteiger partial charge is 0.491 e. The van der Waals surface area contributed by atoms with E-state index in [-0.39, 0.29) is 6.10 Å². The van der Waals surface area contributed by atoms with Crippen molar-refractivity contribution in [3.05, 3.63) is 29.8 Å². The minimum absolute atomic E-state index is 0.240. The average molecular weight is 262 g/mol. The van der Waals surface area contributed by atoms with E-state index in [1.807, 2.05) is 13.8 Å². The van der Waals surface area contributed by atoms with E-state index in [4.69, 9.17) is 4.74 Å². The first-order valence-corrected chi connectivity index (χ1v) is 7.43. The van der Waals surface area contributed by atoms with Gasteiger partial charge in [0.05, 0.1) is 6.10 Å². The van der Waals surface area contributed by atoms with Gasteiger partial charge in [0.2, 0.25) is 0 Å². The van der Waals surface area contributed by atoms with Crippen molar-refractivity contribution < 1.29 is 4.74 Å². The maximum absolute atomic E-state index is 5.64. The van der Waals surface area contributed by atoms with Crippen LogP contribution in [0.3, 0.4) is 0 Å². The molecule has 1 aromatic carbocycles. The molecule has 3 heteroatoms. The van der Waals surface area contributed by atoms with Gasteiger partial charge in [-0.15, -0.1) is 0 Å². The van der Waals surface area contributed by atoms with E-state index in [1.165, 1.54) is 38.0 Å². The molecule has 1 aromatic rings. The van der Waals surface area contributed by atoms with E-state index in [0.717, 1.165) is 18.8 Å². The zero-order valence-electron chi connectivity index (χ0n) is 12.2. The van der Waals surface area contributed by atoms with Crippen molar-refractivity contribution in [2.75, 3.05) is 26.2 Å². The van der Waals surface area contributed by atoms with Crippen LogP contribution >= 0.6 is 0 Å². The lowest BCUT2D eigenvalue weighted by Crippen LogP contribution is -2.29. The molecule has 1 heterocycles. The Morgan fingerprint density at radius 1 is 1.16 bits per heavy atom. The third-order valence-corrected chi connectivity index (χ3v) is 3.43. The van der Waals surface area contributed by atoms with Gasteiger partial charge in [-0.25, -0.2) is 0 Å².